The first-order chi connectivity index (χ1) is 8.09. The Kier molecular flexibility index (Phi) is 3.23. The average Bonchev–Trinajstić information content (AvgIpc) is 2.90. The van der Waals surface area contributed by atoms with Crippen molar-refractivity contribution in [1.82, 2.24) is 20.1 Å². The van der Waals surface area contributed by atoms with Crippen molar-refractivity contribution in [2.75, 3.05) is 0 Å². The maximum absolute atomic E-state index is 11.8. The van der Waals surface area contributed by atoms with Crippen LogP contribution in [0.4, 0.5) is 0 Å². The van der Waals surface area contributed by atoms with Gasteiger partial charge in [-0.05, 0) is 13.8 Å². The quantitative estimate of drug-likeness (QED) is 0.901. The number of hydrogen-bond acceptors (Lipinski definition) is 4. The van der Waals surface area contributed by atoms with Crippen molar-refractivity contribution in [3.05, 3.63) is 34.0 Å². The van der Waals surface area contributed by atoms with Gasteiger partial charge < -0.3 is 5.32 Å². The van der Waals surface area contributed by atoms with Crippen molar-refractivity contribution in [2.45, 2.75) is 19.9 Å². The van der Waals surface area contributed by atoms with E-state index < -0.39 is 0 Å². The number of hydrogen-bond donors (Lipinski definition) is 1. The molecule has 1 unspecified atom stereocenters. The van der Waals surface area contributed by atoms with E-state index in [0.717, 1.165) is 11.3 Å². The highest BCUT2D eigenvalue weighted by molar-refractivity contribution is 7.07. The highest BCUT2D eigenvalue weighted by Gasteiger charge is 2.16. The molecule has 0 aromatic carbocycles. The minimum absolute atomic E-state index is 0.0714. The first kappa shape index (κ1) is 11.8. The molecule has 0 aliphatic carbocycles. The molecule has 0 saturated carbocycles. The van der Waals surface area contributed by atoms with Gasteiger partial charge >= 0.3 is 0 Å². The van der Waals surface area contributed by atoms with E-state index in [1.165, 1.54) is 11.3 Å². The lowest BCUT2D eigenvalue weighted by Gasteiger charge is -2.12. The van der Waals surface area contributed by atoms with E-state index in [0.29, 0.717) is 5.69 Å². The number of aromatic nitrogens is 3. The Hall–Kier alpha value is -1.69. The molecule has 2 rings (SSSR count). The highest BCUT2D eigenvalue weighted by atomic mass is 32.1. The largest absolute Gasteiger partial charge is 0.344 e. The zero-order valence-corrected chi connectivity index (χ0v) is 10.8. The van der Waals surface area contributed by atoms with Gasteiger partial charge in [0.15, 0.2) is 0 Å². The molecule has 1 atom stereocenters. The van der Waals surface area contributed by atoms with Gasteiger partial charge in [-0.1, -0.05) is 0 Å². The standard InChI is InChI=1S/C11H14N4OS/c1-7(9-4-13-15(3)8(9)2)14-11(16)10-5-17-6-12-10/h4-7H,1-3H3,(H,14,16). The second kappa shape index (κ2) is 4.67. The van der Waals surface area contributed by atoms with Crippen molar-refractivity contribution >= 4 is 17.2 Å². The van der Waals surface area contributed by atoms with Crippen LogP contribution in [-0.4, -0.2) is 20.7 Å². The highest BCUT2D eigenvalue weighted by Crippen LogP contribution is 2.16. The molecule has 0 fully saturated rings. The van der Waals surface area contributed by atoms with Crippen LogP contribution in [0.5, 0.6) is 0 Å². The predicted molar refractivity (Wildman–Crippen MR) is 65.9 cm³/mol. The number of amides is 1. The van der Waals surface area contributed by atoms with Crippen LogP contribution in [0, 0.1) is 6.92 Å². The Morgan fingerprint density at radius 2 is 2.35 bits per heavy atom. The second-order valence-corrected chi connectivity index (χ2v) is 4.60. The number of rotatable bonds is 3. The lowest BCUT2D eigenvalue weighted by molar-refractivity contribution is 0.0935. The van der Waals surface area contributed by atoms with E-state index in [2.05, 4.69) is 15.4 Å². The smallest absolute Gasteiger partial charge is 0.271 e. The molecule has 2 aromatic heterocycles. The van der Waals surface area contributed by atoms with Crippen molar-refractivity contribution in [3.8, 4) is 0 Å². The molecule has 0 bridgehead atoms. The first-order valence-electron chi connectivity index (χ1n) is 5.27. The summed E-state index contributed by atoms with van der Waals surface area (Å²) in [6.45, 7) is 3.92. The maximum Gasteiger partial charge on any atom is 0.271 e. The van der Waals surface area contributed by atoms with Crippen LogP contribution in [0.25, 0.3) is 0 Å². The summed E-state index contributed by atoms with van der Waals surface area (Å²) in [5.74, 6) is -0.151. The summed E-state index contributed by atoms with van der Waals surface area (Å²) in [5.41, 5.74) is 4.19. The van der Waals surface area contributed by atoms with Crippen LogP contribution in [0.3, 0.4) is 0 Å². The third kappa shape index (κ3) is 2.36. The van der Waals surface area contributed by atoms with E-state index in [1.807, 2.05) is 20.9 Å². The summed E-state index contributed by atoms with van der Waals surface area (Å²) in [6, 6.07) is -0.0714. The van der Waals surface area contributed by atoms with Crippen molar-refractivity contribution in [3.63, 3.8) is 0 Å². The molecule has 2 aromatic rings. The zero-order valence-electron chi connectivity index (χ0n) is 9.97. The third-order valence-electron chi connectivity index (χ3n) is 2.75. The van der Waals surface area contributed by atoms with E-state index in [1.54, 1.807) is 21.8 Å². The predicted octanol–water partition coefficient (Wildman–Crippen LogP) is 1.68. The summed E-state index contributed by atoms with van der Waals surface area (Å²) < 4.78 is 1.79. The number of thiazole rings is 1. The molecule has 0 aliphatic heterocycles. The number of carbonyl (C=O) groups excluding carboxylic acids is 1. The minimum atomic E-state index is -0.151. The summed E-state index contributed by atoms with van der Waals surface area (Å²) in [4.78, 5) is 15.8. The van der Waals surface area contributed by atoms with Crippen LogP contribution in [0.2, 0.25) is 0 Å². The monoisotopic (exact) mass is 250 g/mol. The lowest BCUT2D eigenvalue weighted by atomic mass is 10.1. The fourth-order valence-electron chi connectivity index (χ4n) is 1.61. The SMILES string of the molecule is Cc1c(C(C)NC(=O)c2cscn2)cnn1C. The topological polar surface area (TPSA) is 59.8 Å². The van der Waals surface area contributed by atoms with Crippen LogP contribution in [0.1, 0.15) is 34.7 Å². The molecule has 0 radical (unpaired) electrons. The number of nitrogens with zero attached hydrogens (tertiary/aromatic N) is 3. The molecule has 2 heterocycles. The fraction of sp³-hybridized carbons (Fsp3) is 0.364. The Morgan fingerprint density at radius 1 is 1.59 bits per heavy atom. The van der Waals surface area contributed by atoms with Crippen LogP contribution in [0.15, 0.2) is 17.1 Å². The van der Waals surface area contributed by atoms with Gasteiger partial charge in [0.25, 0.3) is 5.91 Å². The Labute approximate surface area is 103 Å². The molecule has 5 nitrogen and oxygen atoms in total. The Morgan fingerprint density at radius 3 is 2.88 bits per heavy atom. The van der Waals surface area contributed by atoms with Gasteiger partial charge in [-0.2, -0.15) is 5.10 Å². The summed E-state index contributed by atoms with van der Waals surface area (Å²) in [6.07, 6.45) is 1.78. The lowest BCUT2D eigenvalue weighted by Crippen LogP contribution is -2.27. The molecular weight excluding hydrogens is 236 g/mol. The summed E-state index contributed by atoms with van der Waals surface area (Å²) in [5, 5.41) is 8.80. The number of aryl methyl sites for hydroxylation is 1. The van der Waals surface area contributed by atoms with Crippen LogP contribution in [-0.2, 0) is 7.05 Å². The molecule has 1 N–H and O–H groups in total. The molecule has 0 aliphatic rings. The molecule has 0 spiro atoms. The second-order valence-electron chi connectivity index (χ2n) is 3.88. The van der Waals surface area contributed by atoms with E-state index >= 15 is 0 Å². The molecule has 17 heavy (non-hydrogen) atoms. The minimum Gasteiger partial charge on any atom is -0.344 e. The number of nitrogens with one attached hydrogen (secondary N) is 1. The summed E-state index contributed by atoms with van der Waals surface area (Å²) >= 11 is 1.41. The Bertz CT molecular complexity index is 518. The van der Waals surface area contributed by atoms with Crippen molar-refractivity contribution < 1.29 is 4.79 Å². The average molecular weight is 250 g/mol. The van der Waals surface area contributed by atoms with Gasteiger partial charge in [0.2, 0.25) is 0 Å². The van der Waals surface area contributed by atoms with Crippen molar-refractivity contribution in [2.24, 2.45) is 7.05 Å². The van der Waals surface area contributed by atoms with Gasteiger partial charge in [-0.25, -0.2) is 4.98 Å². The third-order valence-corrected chi connectivity index (χ3v) is 3.34. The van der Waals surface area contributed by atoms with Gasteiger partial charge in [-0.15, -0.1) is 11.3 Å². The molecule has 0 saturated heterocycles. The number of carbonyl (C=O) groups is 1. The van der Waals surface area contributed by atoms with Crippen molar-refractivity contribution in [1.29, 1.82) is 0 Å². The molecule has 1 amide bonds. The van der Waals surface area contributed by atoms with Gasteiger partial charge in [-0.3, -0.25) is 9.48 Å². The van der Waals surface area contributed by atoms with Crippen LogP contribution >= 0.6 is 11.3 Å². The van der Waals surface area contributed by atoms with Gasteiger partial charge in [0.05, 0.1) is 17.7 Å². The van der Waals surface area contributed by atoms with Gasteiger partial charge in [0, 0.05) is 23.7 Å². The normalized spacial score (nSPS) is 12.4. The van der Waals surface area contributed by atoms with E-state index in [-0.39, 0.29) is 11.9 Å². The Balaban J connectivity index is 2.10. The van der Waals surface area contributed by atoms with Gasteiger partial charge in [0.1, 0.15) is 5.69 Å². The molecular formula is C11H14N4OS. The van der Waals surface area contributed by atoms with E-state index in [9.17, 15) is 4.79 Å². The van der Waals surface area contributed by atoms with Crippen LogP contribution < -0.4 is 5.32 Å². The molecule has 6 heteroatoms. The molecule has 90 valence electrons. The maximum atomic E-state index is 11.8. The summed E-state index contributed by atoms with van der Waals surface area (Å²) in [7, 11) is 1.88. The van der Waals surface area contributed by atoms with E-state index in [4.69, 9.17) is 0 Å². The zero-order chi connectivity index (χ0) is 12.4. The fourth-order valence-corrected chi connectivity index (χ4v) is 2.15. The first-order valence-corrected chi connectivity index (χ1v) is 6.21.